The van der Waals surface area contributed by atoms with E-state index in [2.05, 4.69) is 4.98 Å². The van der Waals surface area contributed by atoms with E-state index in [1.807, 2.05) is 30.3 Å². The summed E-state index contributed by atoms with van der Waals surface area (Å²) < 4.78 is 5.45. The van der Waals surface area contributed by atoms with Gasteiger partial charge in [0.05, 0.1) is 5.56 Å². The molecule has 2 rings (SSSR count). The molecule has 1 aromatic heterocycles. The van der Waals surface area contributed by atoms with E-state index in [-0.39, 0.29) is 24.8 Å². The van der Waals surface area contributed by atoms with E-state index in [9.17, 15) is 4.79 Å². The predicted octanol–water partition coefficient (Wildman–Crippen LogP) is 2.82. The second-order valence-corrected chi connectivity index (χ2v) is 3.16. The third kappa shape index (κ3) is 4.24. The summed E-state index contributed by atoms with van der Waals surface area (Å²) in [5.41, 5.74) is 5.46. The SMILES string of the molecule is Cl.Cl.NC(=O)c1ccc(Oc2ccccc2)nc1. The van der Waals surface area contributed by atoms with Crippen LogP contribution in [0.1, 0.15) is 10.4 Å². The van der Waals surface area contributed by atoms with Crippen LogP contribution in [0.25, 0.3) is 0 Å². The smallest absolute Gasteiger partial charge is 0.250 e. The largest absolute Gasteiger partial charge is 0.439 e. The average molecular weight is 287 g/mol. The molecule has 0 saturated carbocycles. The molecule has 0 aliphatic heterocycles. The molecule has 0 unspecified atom stereocenters. The van der Waals surface area contributed by atoms with E-state index < -0.39 is 5.91 Å². The number of halogens is 2. The molecule has 0 radical (unpaired) electrons. The van der Waals surface area contributed by atoms with Gasteiger partial charge in [-0.05, 0) is 18.2 Å². The summed E-state index contributed by atoms with van der Waals surface area (Å²) in [6.45, 7) is 0. The zero-order valence-corrected chi connectivity index (χ0v) is 10.9. The summed E-state index contributed by atoms with van der Waals surface area (Å²) in [5, 5.41) is 0. The molecule has 2 aromatic rings. The molecule has 0 bridgehead atoms. The second-order valence-electron chi connectivity index (χ2n) is 3.16. The number of benzene rings is 1. The number of carbonyl (C=O) groups is 1. The van der Waals surface area contributed by atoms with Crippen molar-refractivity contribution in [1.29, 1.82) is 0 Å². The predicted molar refractivity (Wildman–Crippen MR) is 73.8 cm³/mol. The molecular weight excluding hydrogens is 275 g/mol. The number of primary amides is 1. The summed E-state index contributed by atoms with van der Waals surface area (Å²) >= 11 is 0. The van der Waals surface area contributed by atoms with Gasteiger partial charge in [-0.25, -0.2) is 4.98 Å². The van der Waals surface area contributed by atoms with Gasteiger partial charge in [0, 0.05) is 12.3 Å². The molecule has 1 heterocycles. The van der Waals surface area contributed by atoms with Crippen LogP contribution in [0, 0.1) is 0 Å². The molecule has 0 aliphatic carbocycles. The lowest BCUT2D eigenvalue weighted by Gasteiger charge is -2.03. The summed E-state index contributed by atoms with van der Waals surface area (Å²) in [5.74, 6) is 0.622. The highest BCUT2D eigenvalue weighted by atomic mass is 35.5. The minimum absolute atomic E-state index is 0. The van der Waals surface area contributed by atoms with E-state index >= 15 is 0 Å². The number of hydrogen-bond acceptors (Lipinski definition) is 3. The van der Waals surface area contributed by atoms with Crippen LogP contribution in [0.2, 0.25) is 0 Å². The molecule has 96 valence electrons. The van der Waals surface area contributed by atoms with Gasteiger partial charge in [0.15, 0.2) is 0 Å². The van der Waals surface area contributed by atoms with Gasteiger partial charge in [-0.2, -0.15) is 0 Å². The lowest BCUT2D eigenvalue weighted by molar-refractivity contribution is 0.1000. The molecule has 1 amide bonds. The number of nitrogens with two attached hydrogens (primary N) is 1. The van der Waals surface area contributed by atoms with E-state index in [0.717, 1.165) is 0 Å². The van der Waals surface area contributed by atoms with Crippen molar-refractivity contribution in [3.63, 3.8) is 0 Å². The molecule has 0 fully saturated rings. The molecule has 0 spiro atoms. The van der Waals surface area contributed by atoms with E-state index in [4.69, 9.17) is 10.5 Å². The van der Waals surface area contributed by atoms with Gasteiger partial charge in [-0.1, -0.05) is 18.2 Å². The Morgan fingerprint density at radius 1 is 1.06 bits per heavy atom. The van der Waals surface area contributed by atoms with Crippen molar-refractivity contribution < 1.29 is 9.53 Å². The Morgan fingerprint density at radius 3 is 2.22 bits per heavy atom. The lowest BCUT2D eigenvalue weighted by atomic mass is 10.3. The molecule has 6 heteroatoms. The summed E-state index contributed by atoms with van der Waals surface area (Å²) in [4.78, 5) is 14.8. The van der Waals surface area contributed by atoms with Crippen LogP contribution < -0.4 is 10.5 Å². The van der Waals surface area contributed by atoms with Gasteiger partial charge >= 0.3 is 0 Å². The number of ether oxygens (including phenoxy) is 1. The topological polar surface area (TPSA) is 65.2 Å². The van der Waals surface area contributed by atoms with Crippen molar-refractivity contribution in [1.82, 2.24) is 4.98 Å². The Morgan fingerprint density at radius 2 is 1.72 bits per heavy atom. The molecule has 18 heavy (non-hydrogen) atoms. The van der Waals surface area contributed by atoms with Crippen LogP contribution in [-0.2, 0) is 0 Å². The van der Waals surface area contributed by atoms with Crippen molar-refractivity contribution >= 4 is 30.7 Å². The number of para-hydroxylation sites is 1. The van der Waals surface area contributed by atoms with Crippen molar-refractivity contribution in [2.75, 3.05) is 0 Å². The minimum Gasteiger partial charge on any atom is -0.439 e. The molecule has 4 nitrogen and oxygen atoms in total. The molecule has 0 aliphatic rings. The van der Waals surface area contributed by atoms with Gasteiger partial charge in [0.1, 0.15) is 5.75 Å². The van der Waals surface area contributed by atoms with Gasteiger partial charge in [-0.15, -0.1) is 24.8 Å². The maximum absolute atomic E-state index is 10.8. The summed E-state index contributed by atoms with van der Waals surface area (Å²) in [6, 6.07) is 12.5. The first-order valence-corrected chi connectivity index (χ1v) is 4.74. The van der Waals surface area contributed by atoms with Crippen LogP contribution in [0.5, 0.6) is 11.6 Å². The maximum atomic E-state index is 10.8. The Labute approximate surface area is 117 Å². The Bertz CT molecular complexity index is 489. The number of rotatable bonds is 3. The van der Waals surface area contributed by atoms with Crippen molar-refractivity contribution in [2.24, 2.45) is 5.73 Å². The van der Waals surface area contributed by atoms with Gasteiger partial charge in [0.25, 0.3) is 0 Å². The standard InChI is InChI=1S/C12H10N2O2.2ClH/c13-12(15)9-6-7-11(14-8-9)16-10-4-2-1-3-5-10;;/h1-8H,(H2,13,15);2*1H. The first-order valence-electron chi connectivity index (χ1n) is 4.74. The molecule has 2 N–H and O–H groups in total. The number of amides is 1. The third-order valence-corrected chi connectivity index (χ3v) is 1.99. The highest BCUT2D eigenvalue weighted by Crippen LogP contribution is 2.18. The Kier molecular flexibility index (Phi) is 6.78. The van der Waals surface area contributed by atoms with Crippen molar-refractivity contribution in [3.05, 3.63) is 54.2 Å². The van der Waals surface area contributed by atoms with Gasteiger partial charge < -0.3 is 10.5 Å². The molecule has 0 saturated heterocycles. The first kappa shape index (κ1) is 16.2. The van der Waals surface area contributed by atoms with Crippen LogP contribution in [-0.4, -0.2) is 10.9 Å². The second kappa shape index (κ2) is 7.53. The molecular formula is C12H12Cl2N2O2. The normalized spacial score (nSPS) is 8.67. The van der Waals surface area contributed by atoms with Crippen LogP contribution in [0.15, 0.2) is 48.7 Å². The lowest BCUT2D eigenvalue weighted by Crippen LogP contribution is -2.10. The Balaban J connectivity index is 0.00000144. The third-order valence-electron chi connectivity index (χ3n) is 1.99. The quantitative estimate of drug-likeness (QED) is 0.944. The fourth-order valence-electron chi connectivity index (χ4n) is 1.20. The number of hydrogen-bond donors (Lipinski definition) is 1. The molecule has 1 aromatic carbocycles. The van der Waals surface area contributed by atoms with Crippen LogP contribution in [0.4, 0.5) is 0 Å². The summed E-state index contributed by atoms with van der Waals surface area (Å²) in [7, 11) is 0. The molecule has 0 atom stereocenters. The first-order chi connectivity index (χ1) is 7.75. The zero-order valence-electron chi connectivity index (χ0n) is 9.28. The summed E-state index contributed by atoms with van der Waals surface area (Å²) in [6.07, 6.45) is 1.39. The Hall–Kier alpha value is -1.78. The fraction of sp³-hybridized carbons (Fsp3) is 0. The van der Waals surface area contributed by atoms with E-state index in [1.165, 1.54) is 6.20 Å². The zero-order chi connectivity index (χ0) is 11.4. The van der Waals surface area contributed by atoms with Crippen molar-refractivity contribution in [3.8, 4) is 11.6 Å². The number of carbonyl (C=O) groups excluding carboxylic acids is 1. The van der Waals surface area contributed by atoms with Crippen LogP contribution >= 0.6 is 24.8 Å². The van der Waals surface area contributed by atoms with E-state index in [0.29, 0.717) is 17.2 Å². The number of nitrogens with zero attached hydrogens (tertiary/aromatic N) is 1. The van der Waals surface area contributed by atoms with Gasteiger partial charge in [-0.3, -0.25) is 4.79 Å². The average Bonchev–Trinajstić information content (AvgIpc) is 2.31. The maximum Gasteiger partial charge on any atom is 0.250 e. The minimum atomic E-state index is -0.501. The fourth-order valence-corrected chi connectivity index (χ4v) is 1.20. The highest BCUT2D eigenvalue weighted by Gasteiger charge is 2.02. The number of pyridine rings is 1. The van der Waals surface area contributed by atoms with Gasteiger partial charge in [0.2, 0.25) is 11.8 Å². The highest BCUT2D eigenvalue weighted by molar-refractivity contribution is 5.92. The monoisotopic (exact) mass is 286 g/mol. The van der Waals surface area contributed by atoms with Crippen LogP contribution in [0.3, 0.4) is 0 Å². The van der Waals surface area contributed by atoms with Crippen molar-refractivity contribution in [2.45, 2.75) is 0 Å². The van der Waals surface area contributed by atoms with E-state index in [1.54, 1.807) is 12.1 Å². The number of aromatic nitrogens is 1.